The largest absolute Gasteiger partial charge is 0.464 e. The number of halogens is 1. The molecule has 0 aliphatic carbocycles. The van der Waals surface area contributed by atoms with Crippen LogP contribution >= 0.6 is 15.9 Å². The first-order valence-electron chi connectivity index (χ1n) is 5.18. The highest BCUT2D eigenvalue weighted by atomic mass is 79.9. The normalized spacial score (nSPS) is 22.1. The van der Waals surface area contributed by atoms with E-state index >= 15 is 0 Å². The molecule has 1 unspecified atom stereocenters. The molecule has 0 spiro atoms. The van der Waals surface area contributed by atoms with Crippen LogP contribution in [-0.4, -0.2) is 13.1 Å². The van der Waals surface area contributed by atoms with Crippen LogP contribution in [0.1, 0.15) is 43.6 Å². The molecule has 0 radical (unpaired) electrons. The lowest BCUT2D eigenvalue weighted by molar-refractivity contribution is 0.422. The molecule has 2 nitrogen and oxygen atoms in total. The average Bonchev–Trinajstić information content (AvgIpc) is 2.70. The van der Waals surface area contributed by atoms with Crippen molar-refractivity contribution in [3.8, 4) is 0 Å². The van der Waals surface area contributed by atoms with Crippen molar-refractivity contribution in [3.63, 3.8) is 0 Å². The zero-order chi connectivity index (χ0) is 10.1. The third-order valence-electron chi connectivity index (χ3n) is 2.72. The van der Waals surface area contributed by atoms with Crippen LogP contribution in [0.2, 0.25) is 0 Å². The lowest BCUT2D eigenvalue weighted by Crippen LogP contribution is -2.07. The minimum absolute atomic E-state index is 0.451. The van der Waals surface area contributed by atoms with Crippen molar-refractivity contribution in [1.82, 2.24) is 5.32 Å². The Morgan fingerprint density at radius 3 is 2.86 bits per heavy atom. The smallest absolute Gasteiger partial charge is 0.120 e. The molecule has 1 aromatic rings. The van der Waals surface area contributed by atoms with Crippen LogP contribution in [0, 0.1) is 0 Å². The van der Waals surface area contributed by atoms with Gasteiger partial charge in [-0.2, -0.15) is 0 Å². The zero-order valence-electron chi connectivity index (χ0n) is 8.64. The molecule has 0 saturated carbocycles. The SMILES string of the molecule is CC(C)c1oc(C2CCNC2)cc1Br. The molecule has 1 fully saturated rings. The highest BCUT2D eigenvalue weighted by molar-refractivity contribution is 9.10. The van der Waals surface area contributed by atoms with Gasteiger partial charge in [0.1, 0.15) is 11.5 Å². The van der Waals surface area contributed by atoms with Gasteiger partial charge in [-0.15, -0.1) is 0 Å². The third kappa shape index (κ3) is 1.89. The Bertz CT molecular complexity index is 313. The summed E-state index contributed by atoms with van der Waals surface area (Å²) in [6.07, 6.45) is 1.19. The summed E-state index contributed by atoms with van der Waals surface area (Å²) in [7, 11) is 0. The van der Waals surface area contributed by atoms with Crippen molar-refractivity contribution in [2.75, 3.05) is 13.1 Å². The first kappa shape index (κ1) is 10.2. The second kappa shape index (κ2) is 4.07. The monoisotopic (exact) mass is 257 g/mol. The number of furan rings is 1. The van der Waals surface area contributed by atoms with Crippen LogP contribution in [-0.2, 0) is 0 Å². The maximum Gasteiger partial charge on any atom is 0.120 e. The van der Waals surface area contributed by atoms with E-state index in [0.717, 1.165) is 29.1 Å². The van der Waals surface area contributed by atoms with Gasteiger partial charge in [0.25, 0.3) is 0 Å². The van der Waals surface area contributed by atoms with Gasteiger partial charge in [-0.05, 0) is 35.0 Å². The standard InChI is InChI=1S/C11H16BrNO/c1-7(2)11-9(12)5-10(14-11)8-3-4-13-6-8/h5,7-8,13H,3-4,6H2,1-2H3. The maximum absolute atomic E-state index is 5.87. The Morgan fingerprint density at radius 1 is 1.57 bits per heavy atom. The van der Waals surface area contributed by atoms with Crippen molar-refractivity contribution >= 4 is 15.9 Å². The summed E-state index contributed by atoms with van der Waals surface area (Å²) >= 11 is 3.55. The molecule has 1 aliphatic heterocycles. The van der Waals surface area contributed by atoms with Crippen molar-refractivity contribution in [3.05, 3.63) is 22.1 Å². The molecule has 2 heterocycles. The fraction of sp³-hybridized carbons (Fsp3) is 0.636. The van der Waals surface area contributed by atoms with Crippen molar-refractivity contribution < 1.29 is 4.42 Å². The second-order valence-electron chi connectivity index (χ2n) is 4.21. The summed E-state index contributed by atoms with van der Waals surface area (Å²) < 4.78 is 6.99. The molecule has 1 aliphatic rings. The van der Waals surface area contributed by atoms with Gasteiger partial charge in [0.2, 0.25) is 0 Å². The number of rotatable bonds is 2. The first-order chi connectivity index (χ1) is 6.68. The van der Waals surface area contributed by atoms with E-state index in [9.17, 15) is 0 Å². The summed E-state index contributed by atoms with van der Waals surface area (Å²) in [6.45, 7) is 6.47. The molecule has 1 aromatic heterocycles. The van der Waals surface area contributed by atoms with Crippen molar-refractivity contribution in [2.24, 2.45) is 0 Å². The van der Waals surface area contributed by atoms with E-state index < -0.39 is 0 Å². The molecule has 1 saturated heterocycles. The summed E-state index contributed by atoms with van der Waals surface area (Å²) in [6, 6.07) is 2.13. The summed E-state index contributed by atoms with van der Waals surface area (Å²) in [5.74, 6) is 3.23. The van der Waals surface area contributed by atoms with Gasteiger partial charge < -0.3 is 9.73 Å². The molecule has 78 valence electrons. The van der Waals surface area contributed by atoms with Gasteiger partial charge >= 0.3 is 0 Å². The Hall–Kier alpha value is -0.280. The number of hydrogen-bond acceptors (Lipinski definition) is 2. The molecule has 1 N–H and O–H groups in total. The Balaban J connectivity index is 2.22. The molecule has 0 amide bonds. The zero-order valence-corrected chi connectivity index (χ0v) is 10.2. The van der Waals surface area contributed by atoms with Gasteiger partial charge in [-0.3, -0.25) is 0 Å². The van der Waals surface area contributed by atoms with E-state index in [4.69, 9.17) is 4.42 Å². The topological polar surface area (TPSA) is 25.2 Å². The molecule has 1 atom stereocenters. The minimum atomic E-state index is 0.451. The molecule has 3 heteroatoms. The van der Waals surface area contributed by atoms with Crippen LogP contribution in [0.4, 0.5) is 0 Å². The Labute approximate surface area is 93.2 Å². The van der Waals surface area contributed by atoms with Crippen LogP contribution in [0.15, 0.2) is 15.0 Å². The van der Waals surface area contributed by atoms with Crippen molar-refractivity contribution in [2.45, 2.75) is 32.1 Å². The molecular formula is C11H16BrNO. The van der Waals surface area contributed by atoms with Gasteiger partial charge in [-0.25, -0.2) is 0 Å². The maximum atomic E-state index is 5.87. The van der Waals surface area contributed by atoms with E-state index in [2.05, 4.69) is 41.2 Å². The minimum Gasteiger partial charge on any atom is -0.464 e. The fourth-order valence-electron chi connectivity index (χ4n) is 1.89. The van der Waals surface area contributed by atoms with Gasteiger partial charge in [-0.1, -0.05) is 13.8 Å². The Kier molecular flexibility index (Phi) is 2.98. The molecular weight excluding hydrogens is 242 g/mol. The number of nitrogens with one attached hydrogen (secondary N) is 1. The van der Waals surface area contributed by atoms with Gasteiger partial charge in [0, 0.05) is 18.4 Å². The van der Waals surface area contributed by atoms with Crippen LogP contribution in [0.5, 0.6) is 0 Å². The lowest BCUT2D eigenvalue weighted by atomic mass is 10.1. The highest BCUT2D eigenvalue weighted by Crippen LogP contribution is 2.33. The molecule has 0 bridgehead atoms. The summed E-state index contributed by atoms with van der Waals surface area (Å²) in [5.41, 5.74) is 0. The Morgan fingerprint density at radius 2 is 2.36 bits per heavy atom. The van der Waals surface area contributed by atoms with Crippen LogP contribution < -0.4 is 5.32 Å². The van der Waals surface area contributed by atoms with E-state index in [1.165, 1.54) is 6.42 Å². The molecule has 0 aromatic carbocycles. The van der Waals surface area contributed by atoms with E-state index in [0.29, 0.717) is 11.8 Å². The predicted molar refractivity (Wildman–Crippen MR) is 60.7 cm³/mol. The van der Waals surface area contributed by atoms with E-state index in [1.54, 1.807) is 0 Å². The lowest BCUT2D eigenvalue weighted by Gasteiger charge is -2.04. The van der Waals surface area contributed by atoms with Gasteiger partial charge in [0.05, 0.1) is 4.47 Å². The summed E-state index contributed by atoms with van der Waals surface area (Å²) in [4.78, 5) is 0. The quantitative estimate of drug-likeness (QED) is 0.880. The molecule has 2 rings (SSSR count). The van der Waals surface area contributed by atoms with Crippen LogP contribution in [0.25, 0.3) is 0 Å². The third-order valence-corrected chi connectivity index (χ3v) is 3.34. The summed E-state index contributed by atoms with van der Waals surface area (Å²) in [5, 5.41) is 3.35. The average molecular weight is 258 g/mol. The van der Waals surface area contributed by atoms with Crippen LogP contribution in [0.3, 0.4) is 0 Å². The number of hydrogen-bond donors (Lipinski definition) is 1. The molecule has 14 heavy (non-hydrogen) atoms. The van der Waals surface area contributed by atoms with E-state index in [-0.39, 0.29) is 0 Å². The van der Waals surface area contributed by atoms with Gasteiger partial charge in [0.15, 0.2) is 0 Å². The fourth-order valence-corrected chi connectivity index (χ4v) is 2.66. The second-order valence-corrected chi connectivity index (χ2v) is 5.06. The first-order valence-corrected chi connectivity index (χ1v) is 5.97. The highest BCUT2D eigenvalue weighted by Gasteiger charge is 2.22. The predicted octanol–water partition coefficient (Wildman–Crippen LogP) is 3.24. The van der Waals surface area contributed by atoms with E-state index in [1.807, 2.05) is 0 Å². The van der Waals surface area contributed by atoms with Crippen molar-refractivity contribution in [1.29, 1.82) is 0 Å².